The van der Waals surface area contributed by atoms with Gasteiger partial charge in [-0.05, 0) is 66.3 Å². The van der Waals surface area contributed by atoms with Crippen molar-refractivity contribution in [2.24, 2.45) is 0 Å². The highest BCUT2D eigenvalue weighted by molar-refractivity contribution is 6.26. The van der Waals surface area contributed by atoms with E-state index in [2.05, 4.69) is 102 Å². The molecule has 32 heavy (non-hydrogen) atoms. The lowest BCUT2D eigenvalue weighted by Crippen LogP contribution is -1.89. The predicted octanol–water partition coefficient (Wildman–Crippen LogP) is 8.47. The van der Waals surface area contributed by atoms with Crippen molar-refractivity contribution in [2.75, 3.05) is 0 Å². The molecule has 0 saturated heterocycles. The molecular formula is C31H19N. The quantitative estimate of drug-likeness (QED) is 0.263. The van der Waals surface area contributed by atoms with Crippen LogP contribution >= 0.6 is 0 Å². The summed E-state index contributed by atoms with van der Waals surface area (Å²) in [6, 6.07) is 39.4. The Morgan fingerprint density at radius 1 is 0.375 bits per heavy atom. The second-order valence-corrected chi connectivity index (χ2v) is 8.39. The zero-order valence-corrected chi connectivity index (χ0v) is 17.4. The fourth-order valence-electron chi connectivity index (χ4n) is 5.26. The maximum atomic E-state index is 4.61. The molecule has 0 saturated carbocycles. The van der Waals surface area contributed by atoms with E-state index in [9.17, 15) is 0 Å². The third kappa shape index (κ3) is 2.42. The Bertz CT molecular complexity index is 1750. The average molecular weight is 406 g/mol. The number of pyridine rings is 1. The highest BCUT2D eigenvalue weighted by Crippen LogP contribution is 2.41. The van der Waals surface area contributed by atoms with E-state index in [1.54, 1.807) is 0 Å². The summed E-state index contributed by atoms with van der Waals surface area (Å²) in [5.41, 5.74) is 4.71. The lowest BCUT2D eigenvalue weighted by Gasteiger charge is -2.16. The first-order valence-electron chi connectivity index (χ1n) is 11.0. The minimum atomic E-state index is 1.01. The van der Waals surface area contributed by atoms with E-state index in [-0.39, 0.29) is 0 Å². The van der Waals surface area contributed by atoms with Gasteiger partial charge in [-0.1, -0.05) is 97.1 Å². The molecule has 0 aliphatic rings. The van der Waals surface area contributed by atoms with Gasteiger partial charge in [-0.25, -0.2) is 0 Å². The Labute approximate surface area is 185 Å². The number of aromatic nitrogens is 1. The highest BCUT2D eigenvalue weighted by atomic mass is 14.7. The van der Waals surface area contributed by atoms with Crippen LogP contribution in [0, 0.1) is 0 Å². The van der Waals surface area contributed by atoms with Gasteiger partial charge in [0, 0.05) is 11.8 Å². The summed E-state index contributed by atoms with van der Waals surface area (Å²) in [5.74, 6) is 0. The smallest absolute Gasteiger partial charge is 0.0708 e. The van der Waals surface area contributed by atoms with Gasteiger partial charge in [0.05, 0.1) is 5.69 Å². The van der Waals surface area contributed by atoms with E-state index in [1.807, 2.05) is 18.3 Å². The summed E-state index contributed by atoms with van der Waals surface area (Å²) < 4.78 is 0. The summed E-state index contributed by atoms with van der Waals surface area (Å²) in [6.07, 6.45) is 1.86. The molecule has 0 aliphatic heterocycles. The van der Waals surface area contributed by atoms with E-state index in [4.69, 9.17) is 0 Å². The minimum absolute atomic E-state index is 1.01. The average Bonchev–Trinajstić information content (AvgIpc) is 2.87. The topological polar surface area (TPSA) is 12.9 Å². The molecule has 1 heterocycles. The van der Waals surface area contributed by atoms with Crippen molar-refractivity contribution < 1.29 is 0 Å². The van der Waals surface area contributed by atoms with E-state index < -0.39 is 0 Å². The van der Waals surface area contributed by atoms with E-state index in [1.165, 1.54) is 59.8 Å². The van der Waals surface area contributed by atoms with Crippen LogP contribution in [0.15, 0.2) is 115 Å². The first-order valence-corrected chi connectivity index (χ1v) is 11.0. The summed E-state index contributed by atoms with van der Waals surface area (Å²) in [5, 5.41) is 10.4. The van der Waals surface area contributed by atoms with Crippen molar-refractivity contribution >= 4 is 43.1 Å². The molecule has 0 spiro atoms. The number of nitrogens with zero attached hydrogens (tertiary/aromatic N) is 1. The molecule has 7 aromatic rings. The van der Waals surface area contributed by atoms with Crippen molar-refractivity contribution in [3.8, 4) is 22.4 Å². The number of hydrogen-bond donors (Lipinski definition) is 0. The SMILES string of the molecule is c1ccc(-c2cccc3c(-c4ccc5ccc6cccc7ccc4c5c67)cccc23)nc1. The van der Waals surface area contributed by atoms with Gasteiger partial charge in [0.2, 0.25) is 0 Å². The second-order valence-electron chi connectivity index (χ2n) is 8.39. The molecule has 1 aromatic heterocycles. The van der Waals surface area contributed by atoms with Gasteiger partial charge < -0.3 is 0 Å². The van der Waals surface area contributed by atoms with Crippen molar-refractivity contribution in [3.05, 3.63) is 115 Å². The molecule has 148 valence electrons. The molecule has 0 atom stereocenters. The van der Waals surface area contributed by atoms with Gasteiger partial charge in [0.25, 0.3) is 0 Å². The number of fused-ring (bicyclic) bond motifs is 1. The first kappa shape index (κ1) is 17.5. The first-order chi connectivity index (χ1) is 15.9. The molecule has 7 rings (SSSR count). The van der Waals surface area contributed by atoms with Crippen LogP contribution < -0.4 is 0 Å². The molecule has 1 heteroatoms. The highest BCUT2D eigenvalue weighted by Gasteiger charge is 2.14. The Kier molecular flexibility index (Phi) is 3.62. The third-order valence-corrected chi connectivity index (χ3v) is 6.68. The lowest BCUT2D eigenvalue weighted by atomic mass is 9.88. The summed E-state index contributed by atoms with van der Waals surface area (Å²) in [4.78, 5) is 4.61. The predicted molar refractivity (Wildman–Crippen MR) is 136 cm³/mol. The van der Waals surface area contributed by atoms with Crippen molar-refractivity contribution in [1.29, 1.82) is 0 Å². The Morgan fingerprint density at radius 3 is 1.78 bits per heavy atom. The molecule has 0 aliphatic carbocycles. The van der Waals surface area contributed by atoms with Crippen molar-refractivity contribution in [2.45, 2.75) is 0 Å². The maximum Gasteiger partial charge on any atom is 0.0708 e. The zero-order valence-electron chi connectivity index (χ0n) is 17.4. The van der Waals surface area contributed by atoms with Gasteiger partial charge >= 0.3 is 0 Å². The molecule has 0 fully saturated rings. The number of rotatable bonds is 2. The Hall–Kier alpha value is -4.23. The van der Waals surface area contributed by atoms with Gasteiger partial charge in [-0.15, -0.1) is 0 Å². The molecule has 0 N–H and O–H groups in total. The molecule has 0 unspecified atom stereocenters. The van der Waals surface area contributed by atoms with E-state index in [0.29, 0.717) is 0 Å². The fraction of sp³-hybridized carbons (Fsp3) is 0. The fourth-order valence-corrected chi connectivity index (χ4v) is 5.26. The summed E-state index contributed by atoms with van der Waals surface area (Å²) in [7, 11) is 0. The van der Waals surface area contributed by atoms with Gasteiger partial charge in [-0.2, -0.15) is 0 Å². The lowest BCUT2D eigenvalue weighted by molar-refractivity contribution is 1.33. The van der Waals surface area contributed by atoms with Crippen LogP contribution in [0.25, 0.3) is 65.5 Å². The molecule has 0 radical (unpaired) electrons. The molecule has 0 amide bonds. The van der Waals surface area contributed by atoms with Crippen LogP contribution in [0.4, 0.5) is 0 Å². The minimum Gasteiger partial charge on any atom is -0.256 e. The van der Waals surface area contributed by atoms with Gasteiger partial charge in [0.15, 0.2) is 0 Å². The van der Waals surface area contributed by atoms with Crippen LogP contribution in [0.5, 0.6) is 0 Å². The van der Waals surface area contributed by atoms with Crippen LogP contribution in [0.1, 0.15) is 0 Å². The number of benzene rings is 6. The van der Waals surface area contributed by atoms with Crippen LogP contribution in [0.3, 0.4) is 0 Å². The largest absolute Gasteiger partial charge is 0.256 e. The molecule has 1 nitrogen and oxygen atoms in total. The van der Waals surface area contributed by atoms with Crippen LogP contribution in [0.2, 0.25) is 0 Å². The zero-order chi connectivity index (χ0) is 21.1. The standard InChI is InChI=1S/C31H19N/c1-2-19-32-29(12-1)27-11-5-9-23-24(8-4-10-25(23)27)26-17-15-22-14-13-20-6-3-7-21-16-18-28(26)31(22)30(20)21/h1-19H. The van der Waals surface area contributed by atoms with Crippen molar-refractivity contribution in [1.82, 2.24) is 4.98 Å². The second kappa shape index (κ2) is 6.63. The third-order valence-electron chi connectivity index (χ3n) is 6.68. The normalized spacial score (nSPS) is 11.8. The van der Waals surface area contributed by atoms with E-state index in [0.717, 1.165) is 5.69 Å². The number of hydrogen-bond acceptors (Lipinski definition) is 1. The molecule has 0 bridgehead atoms. The Balaban J connectivity index is 1.58. The van der Waals surface area contributed by atoms with Gasteiger partial charge in [-0.3, -0.25) is 4.98 Å². The van der Waals surface area contributed by atoms with Crippen LogP contribution in [-0.2, 0) is 0 Å². The summed E-state index contributed by atoms with van der Waals surface area (Å²) >= 11 is 0. The maximum absolute atomic E-state index is 4.61. The van der Waals surface area contributed by atoms with Crippen molar-refractivity contribution in [3.63, 3.8) is 0 Å². The molecule has 6 aromatic carbocycles. The van der Waals surface area contributed by atoms with Crippen LogP contribution in [-0.4, -0.2) is 4.98 Å². The molecular weight excluding hydrogens is 386 g/mol. The Morgan fingerprint density at radius 2 is 1.00 bits per heavy atom. The van der Waals surface area contributed by atoms with Gasteiger partial charge in [0.1, 0.15) is 0 Å². The summed E-state index contributed by atoms with van der Waals surface area (Å²) in [6.45, 7) is 0. The monoisotopic (exact) mass is 405 g/mol. The van der Waals surface area contributed by atoms with E-state index >= 15 is 0 Å².